The summed E-state index contributed by atoms with van der Waals surface area (Å²) in [7, 11) is 0. The van der Waals surface area contributed by atoms with Crippen molar-refractivity contribution in [3.63, 3.8) is 0 Å². The Labute approximate surface area is 169 Å². The zero-order valence-electron chi connectivity index (χ0n) is 16.4. The molecule has 142 valence electrons. The van der Waals surface area contributed by atoms with E-state index < -0.39 is 0 Å². The third kappa shape index (κ3) is 6.63. The number of rotatable bonds is 10. The Bertz CT molecular complexity index is 658. The number of benzene rings is 2. The lowest BCUT2D eigenvalue weighted by molar-refractivity contribution is 0.437. The summed E-state index contributed by atoms with van der Waals surface area (Å²) in [5.74, 6) is 2.68. The van der Waals surface area contributed by atoms with Gasteiger partial charge in [0.2, 0.25) is 0 Å². The first-order valence-corrected chi connectivity index (χ1v) is 10.9. The zero-order valence-corrected chi connectivity index (χ0v) is 17.9. The average Bonchev–Trinajstić information content (AvgIpc) is 2.66. The number of hydrogen-bond acceptors (Lipinski definition) is 0. The van der Waals surface area contributed by atoms with Gasteiger partial charge in [-0.1, -0.05) is 76.4 Å². The minimum atomic E-state index is 0.521. The van der Waals surface area contributed by atoms with Crippen LogP contribution in [0.5, 0.6) is 0 Å². The highest BCUT2D eigenvalue weighted by molar-refractivity contribution is 6.18. The molecule has 0 N–H and O–H groups in total. The molecule has 26 heavy (non-hydrogen) atoms. The van der Waals surface area contributed by atoms with E-state index >= 15 is 0 Å². The molecule has 0 saturated heterocycles. The fourth-order valence-electron chi connectivity index (χ4n) is 3.37. The third-order valence-corrected chi connectivity index (χ3v) is 5.74. The van der Waals surface area contributed by atoms with Gasteiger partial charge in [0.15, 0.2) is 0 Å². The lowest BCUT2D eigenvalue weighted by Gasteiger charge is -2.13. The molecule has 2 rings (SSSR count). The van der Waals surface area contributed by atoms with E-state index in [1.807, 2.05) is 0 Å². The number of halogens is 2. The van der Waals surface area contributed by atoms with Gasteiger partial charge in [-0.15, -0.1) is 23.2 Å². The molecule has 2 heteroatoms. The molecule has 1 atom stereocenters. The Morgan fingerprint density at radius 2 is 1.46 bits per heavy atom. The van der Waals surface area contributed by atoms with Crippen LogP contribution < -0.4 is 0 Å². The van der Waals surface area contributed by atoms with Crippen molar-refractivity contribution in [1.82, 2.24) is 0 Å². The summed E-state index contributed by atoms with van der Waals surface area (Å²) >= 11 is 12.1. The van der Waals surface area contributed by atoms with Gasteiger partial charge in [-0.3, -0.25) is 0 Å². The first kappa shape index (κ1) is 21.3. The van der Waals surface area contributed by atoms with Crippen molar-refractivity contribution in [2.45, 2.75) is 64.6 Å². The van der Waals surface area contributed by atoms with Gasteiger partial charge >= 0.3 is 0 Å². The number of alkyl halides is 2. The fraction of sp³-hybridized carbons (Fsp3) is 0.500. The first-order chi connectivity index (χ1) is 12.5. The predicted molar refractivity (Wildman–Crippen MR) is 117 cm³/mol. The van der Waals surface area contributed by atoms with Gasteiger partial charge in [0.05, 0.1) is 0 Å². The van der Waals surface area contributed by atoms with E-state index in [9.17, 15) is 0 Å². The Morgan fingerprint density at radius 1 is 0.769 bits per heavy atom. The smallest absolute Gasteiger partial charge is 0.0480 e. The number of aryl methyl sites for hydroxylation is 1. The van der Waals surface area contributed by atoms with Gasteiger partial charge < -0.3 is 0 Å². The molecule has 0 aliphatic heterocycles. The first-order valence-electron chi connectivity index (χ1n) is 9.86. The van der Waals surface area contributed by atoms with Crippen LogP contribution in [0.15, 0.2) is 42.5 Å². The van der Waals surface area contributed by atoms with Crippen molar-refractivity contribution in [2.75, 3.05) is 0 Å². The predicted octanol–water partition coefficient (Wildman–Crippen LogP) is 8.23. The molecular formula is C24H32Cl2. The Hall–Kier alpha value is -0.980. The quantitative estimate of drug-likeness (QED) is 0.358. The molecule has 2 aromatic rings. The molecule has 0 saturated carbocycles. The lowest BCUT2D eigenvalue weighted by Crippen LogP contribution is -1.99. The van der Waals surface area contributed by atoms with Crippen LogP contribution in [0.3, 0.4) is 0 Å². The highest BCUT2D eigenvalue weighted by atomic mass is 35.5. The molecule has 0 heterocycles. The van der Waals surface area contributed by atoms with E-state index in [2.05, 4.69) is 63.2 Å². The zero-order chi connectivity index (χ0) is 18.9. The van der Waals surface area contributed by atoms with Gasteiger partial charge in [-0.25, -0.2) is 0 Å². The summed E-state index contributed by atoms with van der Waals surface area (Å²) < 4.78 is 0. The lowest BCUT2D eigenvalue weighted by atomic mass is 9.93. The van der Waals surface area contributed by atoms with E-state index in [-0.39, 0.29) is 0 Å². The van der Waals surface area contributed by atoms with E-state index in [1.165, 1.54) is 42.4 Å². The maximum atomic E-state index is 6.12. The van der Waals surface area contributed by atoms with Gasteiger partial charge in [-0.2, -0.15) is 0 Å². The molecule has 1 unspecified atom stereocenters. The molecule has 0 amide bonds. The molecule has 0 radical (unpaired) electrons. The van der Waals surface area contributed by atoms with Crippen LogP contribution in [0.25, 0.3) is 11.1 Å². The van der Waals surface area contributed by atoms with Crippen LogP contribution >= 0.6 is 23.2 Å². The van der Waals surface area contributed by atoms with Crippen LogP contribution in [0.2, 0.25) is 0 Å². The minimum absolute atomic E-state index is 0.521. The molecule has 0 aromatic heterocycles. The highest BCUT2D eigenvalue weighted by Crippen LogP contribution is 2.28. The molecule has 0 aliphatic carbocycles. The number of hydrogen-bond donors (Lipinski definition) is 0. The van der Waals surface area contributed by atoms with Crippen molar-refractivity contribution < 1.29 is 0 Å². The topological polar surface area (TPSA) is 0 Å². The Balaban J connectivity index is 1.96. The van der Waals surface area contributed by atoms with Crippen LogP contribution in [-0.4, -0.2) is 0 Å². The Morgan fingerprint density at radius 3 is 2.08 bits per heavy atom. The normalized spacial score (nSPS) is 12.5. The molecule has 0 fully saturated rings. The van der Waals surface area contributed by atoms with Crippen molar-refractivity contribution in [3.05, 3.63) is 59.2 Å². The van der Waals surface area contributed by atoms with Crippen LogP contribution in [0.4, 0.5) is 0 Å². The minimum Gasteiger partial charge on any atom is -0.122 e. The second kappa shape index (κ2) is 11.0. The van der Waals surface area contributed by atoms with E-state index in [0.29, 0.717) is 11.8 Å². The van der Waals surface area contributed by atoms with Crippen LogP contribution in [0.1, 0.15) is 63.1 Å². The Kier molecular flexibility index (Phi) is 9.02. The average molecular weight is 391 g/mol. The summed E-state index contributed by atoms with van der Waals surface area (Å²) in [6.45, 7) is 7.01. The second-order valence-corrected chi connectivity index (χ2v) is 8.46. The second-order valence-electron chi connectivity index (χ2n) is 7.92. The summed E-state index contributed by atoms with van der Waals surface area (Å²) in [6, 6.07) is 15.3. The van der Waals surface area contributed by atoms with Crippen LogP contribution in [0, 0.1) is 11.8 Å². The SMILES string of the molecule is CC(C)CCCC(C)CCc1ccc(-c2cc(CCl)ccc2CCl)cc1. The van der Waals surface area contributed by atoms with Gasteiger partial charge in [0, 0.05) is 11.8 Å². The van der Waals surface area contributed by atoms with Crippen molar-refractivity contribution in [3.8, 4) is 11.1 Å². The van der Waals surface area contributed by atoms with Gasteiger partial charge in [0.1, 0.15) is 0 Å². The maximum absolute atomic E-state index is 6.12. The summed E-state index contributed by atoms with van der Waals surface area (Å²) in [5.41, 5.74) is 6.14. The third-order valence-electron chi connectivity index (χ3n) is 5.14. The van der Waals surface area contributed by atoms with E-state index in [0.717, 1.165) is 29.4 Å². The molecule has 0 bridgehead atoms. The van der Waals surface area contributed by atoms with Gasteiger partial charge in [0.25, 0.3) is 0 Å². The largest absolute Gasteiger partial charge is 0.122 e. The fourth-order valence-corrected chi connectivity index (χ4v) is 3.77. The van der Waals surface area contributed by atoms with Crippen molar-refractivity contribution in [1.29, 1.82) is 0 Å². The summed E-state index contributed by atoms with van der Waals surface area (Å²) in [5, 5.41) is 0. The molecular weight excluding hydrogens is 359 g/mol. The molecule has 0 nitrogen and oxygen atoms in total. The highest BCUT2D eigenvalue weighted by Gasteiger charge is 2.08. The van der Waals surface area contributed by atoms with E-state index in [4.69, 9.17) is 23.2 Å². The monoisotopic (exact) mass is 390 g/mol. The summed E-state index contributed by atoms with van der Waals surface area (Å²) in [6.07, 6.45) is 6.49. The van der Waals surface area contributed by atoms with Gasteiger partial charge in [-0.05, 0) is 58.6 Å². The molecule has 2 aromatic carbocycles. The van der Waals surface area contributed by atoms with Crippen LogP contribution in [-0.2, 0) is 18.2 Å². The van der Waals surface area contributed by atoms with Crippen molar-refractivity contribution >= 4 is 23.2 Å². The molecule has 0 spiro atoms. The summed E-state index contributed by atoms with van der Waals surface area (Å²) in [4.78, 5) is 0. The standard InChI is InChI=1S/C24H32Cl2/c1-18(2)5-4-6-19(3)7-8-20-9-12-22(13-10-20)24-15-21(16-25)11-14-23(24)17-26/h9-15,18-19H,4-8,16-17H2,1-3H3. The van der Waals surface area contributed by atoms with Crippen molar-refractivity contribution in [2.24, 2.45) is 11.8 Å². The van der Waals surface area contributed by atoms with E-state index in [1.54, 1.807) is 0 Å². The molecule has 0 aliphatic rings. The maximum Gasteiger partial charge on any atom is 0.0480 e.